The number of nitrogens with one attached hydrogen (secondary N) is 1. The quantitative estimate of drug-likeness (QED) is 0.762. The molecule has 0 aliphatic rings. The monoisotopic (exact) mass is 325 g/mol. The van der Waals surface area contributed by atoms with Gasteiger partial charge in [-0.15, -0.1) is 0 Å². The van der Waals surface area contributed by atoms with E-state index in [0.717, 1.165) is 23.3 Å². The van der Waals surface area contributed by atoms with E-state index >= 15 is 0 Å². The van der Waals surface area contributed by atoms with Crippen LogP contribution in [0.1, 0.15) is 40.9 Å². The minimum Gasteiger partial charge on any atom is -0.476 e. The molecule has 122 valence electrons. The Hall–Kier alpha value is -3.29. The van der Waals surface area contributed by atoms with Gasteiger partial charge in [-0.25, -0.2) is 14.8 Å². The molecule has 0 spiro atoms. The Bertz CT molecular complexity index is 915. The van der Waals surface area contributed by atoms with Crippen LogP contribution in [0.4, 0.5) is 5.69 Å². The predicted molar refractivity (Wildman–Crippen MR) is 87.1 cm³/mol. The lowest BCUT2D eigenvalue weighted by Gasteiger charge is -2.04. The zero-order valence-corrected chi connectivity index (χ0v) is 13.1. The third-order valence-electron chi connectivity index (χ3n) is 3.42. The predicted octanol–water partition coefficient (Wildman–Crippen LogP) is 2.36. The van der Waals surface area contributed by atoms with Gasteiger partial charge in [0.15, 0.2) is 5.69 Å². The van der Waals surface area contributed by atoms with Crippen molar-refractivity contribution in [2.75, 3.05) is 5.32 Å². The Balaban J connectivity index is 1.80. The lowest BCUT2D eigenvalue weighted by atomic mass is 10.2. The van der Waals surface area contributed by atoms with Gasteiger partial charge in [0.05, 0.1) is 17.9 Å². The van der Waals surface area contributed by atoms with E-state index in [1.54, 1.807) is 12.1 Å². The van der Waals surface area contributed by atoms with Gasteiger partial charge in [-0.2, -0.15) is 5.10 Å². The van der Waals surface area contributed by atoms with Crippen molar-refractivity contribution < 1.29 is 14.7 Å². The van der Waals surface area contributed by atoms with Crippen LogP contribution in [0, 0.1) is 0 Å². The lowest BCUT2D eigenvalue weighted by molar-refractivity contribution is 0.0689. The molecule has 2 aromatic heterocycles. The Labute approximate surface area is 137 Å². The standard InChI is InChI=1S/C16H15N5O3/c1-9(2)21-8-10-3-4-11(5-12(10)20-21)19-15(22)13-6-18-14(7-17-13)16(23)24/h3-9H,1-2H3,(H,19,22)(H,23,24). The SMILES string of the molecule is CC(C)n1cc2ccc(NC(=O)c3cnc(C(=O)O)cn3)cc2n1. The molecule has 3 rings (SSSR count). The minimum absolute atomic E-state index is 0.0350. The fourth-order valence-electron chi connectivity index (χ4n) is 2.13. The van der Waals surface area contributed by atoms with E-state index in [-0.39, 0.29) is 17.4 Å². The minimum atomic E-state index is -1.19. The van der Waals surface area contributed by atoms with Crippen LogP contribution in [0.3, 0.4) is 0 Å². The molecule has 1 amide bonds. The third kappa shape index (κ3) is 3.07. The number of hydrogen-bond acceptors (Lipinski definition) is 5. The summed E-state index contributed by atoms with van der Waals surface area (Å²) in [5.74, 6) is -1.66. The van der Waals surface area contributed by atoms with Gasteiger partial charge >= 0.3 is 5.97 Å². The second-order valence-electron chi connectivity index (χ2n) is 5.52. The number of aromatic nitrogens is 4. The number of anilines is 1. The molecule has 8 heteroatoms. The zero-order valence-electron chi connectivity index (χ0n) is 13.1. The van der Waals surface area contributed by atoms with Crippen molar-refractivity contribution >= 4 is 28.5 Å². The molecule has 0 atom stereocenters. The number of carbonyl (C=O) groups is 2. The Kier molecular flexibility index (Phi) is 3.95. The lowest BCUT2D eigenvalue weighted by Crippen LogP contribution is -2.15. The molecule has 2 heterocycles. The van der Waals surface area contributed by atoms with Crippen LogP contribution >= 0.6 is 0 Å². The Morgan fingerprint density at radius 3 is 2.50 bits per heavy atom. The number of carboxylic acid groups (broad SMARTS) is 1. The molecule has 3 aromatic rings. The van der Waals surface area contributed by atoms with E-state index in [2.05, 4.69) is 20.4 Å². The summed E-state index contributed by atoms with van der Waals surface area (Å²) in [4.78, 5) is 30.4. The molecule has 0 fully saturated rings. The number of nitrogens with zero attached hydrogens (tertiary/aromatic N) is 4. The summed E-state index contributed by atoms with van der Waals surface area (Å²) in [6.07, 6.45) is 4.12. The number of hydrogen-bond donors (Lipinski definition) is 2. The fraction of sp³-hybridized carbons (Fsp3) is 0.188. The second kappa shape index (κ2) is 6.07. The fourth-order valence-corrected chi connectivity index (χ4v) is 2.13. The molecule has 0 aliphatic heterocycles. The highest BCUT2D eigenvalue weighted by Gasteiger charge is 2.12. The highest BCUT2D eigenvalue weighted by atomic mass is 16.4. The summed E-state index contributed by atoms with van der Waals surface area (Å²) < 4.78 is 1.85. The van der Waals surface area contributed by atoms with E-state index in [4.69, 9.17) is 5.11 Å². The number of carbonyl (C=O) groups excluding carboxylic acids is 1. The van der Waals surface area contributed by atoms with Crippen molar-refractivity contribution in [2.24, 2.45) is 0 Å². The van der Waals surface area contributed by atoms with E-state index in [1.807, 2.05) is 30.8 Å². The van der Waals surface area contributed by atoms with Crippen LogP contribution < -0.4 is 5.32 Å². The third-order valence-corrected chi connectivity index (χ3v) is 3.42. The van der Waals surface area contributed by atoms with E-state index in [9.17, 15) is 9.59 Å². The number of aromatic carboxylic acids is 1. The number of benzene rings is 1. The van der Waals surface area contributed by atoms with Crippen molar-refractivity contribution in [3.05, 3.63) is 48.2 Å². The second-order valence-corrected chi connectivity index (χ2v) is 5.52. The largest absolute Gasteiger partial charge is 0.476 e. The average Bonchev–Trinajstić information content (AvgIpc) is 2.98. The van der Waals surface area contributed by atoms with Gasteiger partial charge in [-0.05, 0) is 32.0 Å². The van der Waals surface area contributed by atoms with Gasteiger partial charge in [0.2, 0.25) is 0 Å². The maximum Gasteiger partial charge on any atom is 0.356 e. The van der Waals surface area contributed by atoms with E-state index < -0.39 is 11.9 Å². The van der Waals surface area contributed by atoms with E-state index in [0.29, 0.717) is 5.69 Å². The molecule has 0 unspecified atom stereocenters. The van der Waals surface area contributed by atoms with Crippen molar-refractivity contribution in [1.29, 1.82) is 0 Å². The Morgan fingerprint density at radius 1 is 1.17 bits per heavy atom. The number of amides is 1. The van der Waals surface area contributed by atoms with Gasteiger partial charge in [0.1, 0.15) is 5.69 Å². The van der Waals surface area contributed by atoms with Crippen LogP contribution in [0.25, 0.3) is 10.9 Å². The average molecular weight is 325 g/mol. The maximum atomic E-state index is 12.2. The van der Waals surface area contributed by atoms with Gasteiger partial charge in [-0.1, -0.05) is 0 Å². The molecular weight excluding hydrogens is 310 g/mol. The first-order valence-electron chi connectivity index (χ1n) is 7.29. The van der Waals surface area contributed by atoms with Crippen LogP contribution in [-0.4, -0.2) is 36.7 Å². The normalized spacial score (nSPS) is 11.0. The summed E-state index contributed by atoms with van der Waals surface area (Å²) >= 11 is 0. The van der Waals surface area contributed by atoms with Crippen molar-refractivity contribution in [3.8, 4) is 0 Å². The van der Waals surface area contributed by atoms with Crippen molar-refractivity contribution in [2.45, 2.75) is 19.9 Å². The van der Waals surface area contributed by atoms with Gasteiger partial charge in [0, 0.05) is 23.3 Å². The van der Waals surface area contributed by atoms with Gasteiger partial charge in [0.25, 0.3) is 5.91 Å². The number of carboxylic acids is 1. The summed E-state index contributed by atoms with van der Waals surface area (Å²) in [6, 6.07) is 5.66. The summed E-state index contributed by atoms with van der Waals surface area (Å²) in [6.45, 7) is 4.07. The molecule has 0 aliphatic carbocycles. The highest BCUT2D eigenvalue weighted by Crippen LogP contribution is 2.20. The zero-order chi connectivity index (χ0) is 17.3. The topological polar surface area (TPSA) is 110 Å². The molecule has 0 radical (unpaired) electrons. The molecule has 0 saturated heterocycles. The summed E-state index contributed by atoms with van der Waals surface area (Å²) in [5.41, 5.74) is 1.17. The van der Waals surface area contributed by atoms with Crippen LogP contribution in [-0.2, 0) is 0 Å². The first kappa shape index (κ1) is 15.6. The van der Waals surface area contributed by atoms with Crippen LogP contribution in [0.5, 0.6) is 0 Å². The van der Waals surface area contributed by atoms with Crippen LogP contribution in [0.15, 0.2) is 36.8 Å². The maximum absolute atomic E-state index is 12.2. The number of rotatable bonds is 4. The smallest absolute Gasteiger partial charge is 0.356 e. The molecule has 2 N–H and O–H groups in total. The molecule has 8 nitrogen and oxygen atoms in total. The van der Waals surface area contributed by atoms with Crippen molar-refractivity contribution in [1.82, 2.24) is 19.7 Å². The first-order valence-corrected chi connectivity index (χ1v) is 7.29. The summed E-state index contributed by atoms with van der Waals surface area (Å²) in [5, 5.41) is 16.9. The van der Waals surface area contributed by atoms with Gasteiger partial charge < -0.3 is 10.4 Å². The summed E-state index contributed by atoms with van der Waals surface area (Å²) in [7, 11) is 0. The molecule has 0 saturated carbocycles. The molecule has 0 bridgehead atoms. The molecular formula is C16H15N5O3. The van der Waals surface area contributed by atoms with Crippen LogP contribution in [0.2, 0.25) is 0 Å². The molecule has 24 heavy (non-hydrogen) atoms. The first-order chi connectivity index (χ1) is 11.4. The number of fused-ring (bicyclic) bond motifs is 1. The molecule has 1 aromatic carbocycles. The van der Waals surface area contributed by atoms with E-state index in [1.165, 1.54) is 0 Å². The Morgan fingerprint density at radius 2 is 1.88 bits per heavy atom. The van der Waals surface area contributed by atoms with Crippen molar-refractivity contribution in [3.63, 3.8) is 0 Å². The highest BCUT2D eigenvalue weighted by molar-refractivity contribution is 6.03. The van der Waals surface area contributed by atoms with Gasteiger partial charge in [-0.3, -0.25) is 9.48 Å².